The van der Waals surface area contributed by atoms with E-state index in [1.165, 1.54) is 12.1 Å². The molecule has 0 spiro atoms. The van der Waals surface area contributed by atoms with Crippen molar-refractivity contribution in [2.75, 3.05) is 18.1 Å². The van der Waals surface area contributed by atoms with Gasteiger partial charge in [0.05, 0.1) is 0 Å². The van der Waals surface area contributed by atoms with Gasteiger partial charge in [0.2, 0.25) is 11.6 Å². The Hall–Kier alpha value is -2.13. The minimum absolute atomic E-state index is 0.00587. The van der Waals surface area contributed by atoms with Crippen molar-refractivity contribution in [1.82, 2.24) is 4.90 Å². The molecule has 1 amide bonds. The molecule has 38 heavy (non-hydrogen) atoms. The van der Waals surface area contributed by atoms with Crippen LogP contribution in [0.1, 0.15) is 54.9 Å². The minimum Gasteiger partial charge on any atom is -0.339 e. The van der Waals surface area contributed by atoms with Crippen molar-refractivity contribution in [2.45, 2.75) is 68.8 Å². The van der Waals surface area contributed by atoms with Crippen LogP contribution in [0.4, 0.5) is 17.6 Å². The molecular formula is C28H31ClF4N2O2S. The zero-order chi connectivity index (χ0) is 27.5. The van der Waals surface area contributed by atoms with Crippen molar-refractivity contribution in [2.24, 2.45) is 5.92 Å². The third kappa shape index (κ3) is 4.74. The molecule has 206 valence electrons. The highest BCUT2D eigenvalue weighted by Gasteiger charge is 2.56. The molecule has 2 aromatic carbocycles. The van der Waals surface area contributed by atoms with Crippen LogP contribution in [0.2, 0.25) is 5.02 Å². The highest BCUT2D eigenvalue weighted by molar-refractivity contribution is 7.92. The number of nitrogens with one attached hydrogen (secondary N) is 1. The number of likely N-dealkylation sites (tertiary alicyclic amines) is 1. The molecule has 4 nitrogen and oxygen atoms in total. The van der Waals surface area contributed by atoms with Gasteiger partial charge in [0.25, 0.3) is 0 Å². The largest absolute Gasteiger partial charge is 0.426 e. The summed E-state index contributed by atoms with van der Waals surface area (Å²) in [6.07, 6.45) is -2.01. The van der Waals surface area contributed by atoms with Gasteiger partial charge in [0, 0.05) is 50.2 Å². The standard InChI is InChI=1S/C28H31ClF4N2O2S/c1-26(30,28(31,32)33)21-6-7-23-20(16-21)5-8-24-27(23,17-18-3-2-4-22(29)15-18)11-12-35(24)25(36)19-9-13-38(34,37)14-10-19/h2-4,6-7,15-16,19,24,34H,5,8-14,17H2,1H3. The molecule has 0 radical (unpaired) electrons. The molecule has 3 aliphatic rings. The molecular weight excluding hydrogens is 540 g/mol. The normalized spacial score (nSPS) is 30.8. The van der Waals surface area contributed by atoms with Gasteiger partial charge in [-0.1, -0.05) is 41.9 Å². The molecule has 0 aromatic heterocycles. The maximum Gasteiger partial charge on any atom is 0.426 e. The number of carbonyl (C=O) groups is 1. The van der Waals surface area contributed by atoms with Crippen molar-refractivity contribution < 1.29 is 26.6 Å². The zero-order valence-corrected chi connectivity index (χ0v) is 22.7. The highest BCUT2D eigenvalue weighted by atomic mass is 35.5. The van der Waals surface area contributed by atoms with Crippen molar-refractivity contribution >= 4 is 27.2 Å². The summed E-state index contributed by atoms with van der Waals surface area (Å²) in [5, 5.41) is 0.576. The maximum atomic E-state index is 14.9. The molecule has 10 heteroatoms. The molecule has 0 saturated carbocycles. The first kappa shape index (κ1) is 27.4. The van der Waals surface area contributed by atoms with E-state index in [1.807, 2.05) is 23.1 Å². The van der Waals surface area contributed by atoms with Gasteiger partial charge < -0.3 is 4.90 Å². The Morgan fingerprint density at radius 2 is 1.84 bits per heavy atom. The molecule has 5 rings (SSSR count). The smallest absolute Gasteiger partial charge is 0.339 e. The van der Waals surface area contributed by atoms with Crippen LogP contribution in [0, 0.1) is 10.7 Å². The quantitative estimate of drug-likeness (QED) is 0.423. The second kappa shape index (κ2) is 9.51. The zero-order valence-electron chi connectivity index (χ0n) is 21.1. The van der Waals surface area contributed by atoms with Gasteiger partial charge in [-0.2, -0.15) is 13.2 Å². The number of carbonyl (C=O) groups excluding carboxylic acids is 1. The predicted molar refractivity (Wildman–Crippen MR) is 140 cm³/mol. The number of nitrogens with zero attached hydrogens (tertiary/aromatic N) is 1. The average Bonchev–Trinajstić information content (AvgIpc) is 3.22. The van der Waals surface area contributed by atoms with Gasteiger partial charge in [0.15, 0.2) is 0 Å². The fourth-order valence-corrected chi connectivity index (χ4v) is 8.44. The summed E-state index contributed by atoms with van der Waals surface area (Å²) in [7, 11) is -2.61. The Labute approximate surface area is 225 Å². The van der Waals surface area contributed by atoms with Gasteiger partial charge in [-0.15, -0.1) is 0 Å². The molecule has 2 fully saturated rings. The van der Waals surface area contributed by atoms with Gasteiger partial charge in [-0.05, 0) is 79.8 Å². The molecule has 3 atom stereocenters. The summed E-state index contributed by atoms with van der Waals surface area (Å²) in [6, 6.07) is 11.5. The second-order valence-corrected chi connectivity index (χ2v) is 14.0. The summed E-state index contributed by atoms with van der Waals surface area (Å²) in [5.74, 6) is 0.177. The molecule has 2 saturated heterocycles. The van der Waals surface area contributed by atoms with Crippen molar-refractivity contribution in [3.63, 3.8) is 0 Å². The third-order valence-corrected chi connectivity index (χ3v) is 10.9. The molecule has 0 bridgehead atoms. The Kier molecular flexibility index (Phi) is 6.86. The van der Waals surface area contributed by atoms with Crippen LogP contribution in [0.15, 0.2) is 42.5 Å². The van der Waals surface area contributed by atoms with Crippen LogP contribution in [0.5, 0.6) is 0 Å². The first-order valence-electron chi connectivity index (χ1n) is 12.9. The summed E-state index contributed by atoms with van der Waals surface area (Å²) in [6.45, 7) is 1.05. The topological polar surface area (TPSA) is 61.2 Å². The minimum atomic E-state index is -5.03. The Morgan fingerprint density at radius 1 is 1.13 bits per heavy atom. The fourth-order valence-electron chi connectivity index (χ4n) is 6.69. The molecule has 2 heterocycles. The van der Waals surface area contributed by atoms with Crippen LogP contribution >= 0.6 is 11.6 Å². The number of benzene rings is 2. The maximum absolute atomic E-state index is 14.9. The van der Waals surface area contributed by atoms with E-state index in [0.29, 0.717) is 62.6 Å². The number of alkyl halides is 4. The fraction of sp³-hybridized carbons (Fsp3) is 0.536. The Morgan fingerprint density at radius 3 is 2.50 bits per heavy atom. The Bertz CT molecular complexity index is 1350. The summed E-state index contributed by atoms with van der Waals surface area (Å²) >= 11 is 6.27. The number of aryl methyl sites for hydroxylation is 1. The number of hydrogen-bond donors (Lipinski definition) is 1. The number of hydrogen-bond acceptors (Lipinski definition) is 3. The summed E-state index contributed by atoms with van der Waals surface area (Å²) in [5.41, 5.74) is -1.90. The van der Waals surface area contributed by atoms with Gasteiger partial charge in [-0.3, -0.25) is 9.57 Å². The number of amides is 1. The molecule has 3 unspecified atom stereocenters. The lowest BCUT2D eigenvalue weighted by atomic mass is 9.63. The van der Waals surface area contributed by atoms with E-state index in [-0.39, 0.29) is 29.4 Å². The van der Waals surface area contributed by atoms with Crippen molar-refractivity contribution in [3.8, 4) is 0 Å². The molecule has 2 aromatic rings. The van der Waals surface area contributed by atoms with E-state index in [4.69, 9.17) is 16.4 Å². The monoisotopic (exact) mass is 570 g/mol. The van der Waals surface area contributed by atoms with E-state index in [9.17, 15) is 26.6 Å². The number of halogens is 5. The third-order valence-electron chi connectivity index (χ3n) is 8.85. The highest BCUT2D eigenvalue weighted by Crippen LogP contribution is 2.51. The second-order valence-electron chi connectivity index (χ2n) is 11.2. The SMILES string of the molecule is CC(F)(c1ccc2c(c1)CCC1N(C(=O)C3CCS(=N)(=O)CC3)CCC21Cc1cccc(Cl)c1)C(F)(F)F. The lowest BCUT2D eigenvalue weighted by Crippen LogP contribution is -2.51. The van der Waals surface area contributed by atoms with Crippen LogP contribution in [0.25, 0.3) is 0 Å². The lowest BCUT2D eigenvalue weighted by molar-refractivity contribution is -0.228. The first-order valence-corrected chi connectivity index (χ1v) is 15.2. The van der Waals surface area contributed by atoms with Crippen LogP contribution in [-0.4, -0.2) is 45.3 Å². The lowest BCUT2D eigenvalue weighted by Gasteiger charge is -2.44. The summed E-state index contributed by atoms with van der Waals surface area (Å²) in [4.78, 5) is 15.6. The van der Waals surface area contributed by atoms with E-state index in [2.05, 4.69) is 0 Å². The molecule has 1 N–H and O–H groups in total. The summed E-state index contributed by atoms with van der Waals surface area (Å²) < 4.78 is 75.3. The van der Waals surface area contributed by atoms with Gasteiger partial charge in [0.1, 0.15) is 0 Å². The number of rotatable bonds is 4. The first-order chi connectivity index (χ1) is 17.7. The average molecular weight is 571 g/mol. The van der Waals surface area contributed by atoms with E-state index >= 15 is 0 Å². The number of fused-ring (bicyclic) bond motifs is 3. The molecule has 2 aliphatic heterocycles. The van der Waals surface area contributed by atoms with E-state index in [1.54, 1.807) is 12.1 Å². The Balaban J connectivity index is 1.53. The molecule has 1 aliphatic carbocycles. The van der Waals surface area contributed by atoms with Crippen LogP contribution in [-0.2, 0) is 38.4 Å². The van der Waals surface area contributed by atoms with Crippen LogP contribution < -0.4 is 0 Å². The predicted octanol–water partition coefficient (Wildman–Crippen LogP) is 6.57. The van der Waals surface area contributed by atoms with Crippen molar-refractivity contribution in [3.05, 3.63) is 69.7 Å². The van der Waals surface area contributed by atoms with Crippen LogP contribution in [0.3, 0.4) is 0 Å². The van der Waals surface area contributed by atoms with Gasteiger partial charge in [-0.25, -0.2) is 8.60 Å². The van der Waals surface area contributed by atoms with Gasteiger partial charge >= 0.3 is 6.18 Å². The van der Waals surface area contributed by atoms with E-state index < -0.39 is 32.6 Å². The van der Waals surface area contributed by atoms with Crippen molar-refractivity contribution in [1.29, 1.82) is 4.78 Å². The van der Waals surface area contributed by atoms with E-state index in [0.717, 1.165) is 11.1 Å².